The van der Waals surface area contributed by atoms with Gasteiger partial charge in [0.05, 0.1) is 6.54 Å². The lowest BCUT2D eigenvalue weighted by molar-refractivity contribution is -0.139. The SMILES string of the molecule is CCCC(NCC(=O)NCc1cccc(C)c1)C(=O)O.Cl. The van der Waals surface area contributed by atoms with Gasteiger partial charge in [-0.05, 0) is 18.9 Å². The van der Waals surface area contributed by atoms with Crippen LogP contribution in [-0.4, -0.2) is 29.6 Å². The predicted octanol–water partition coefficient (Wildman–Crippen LogP) is 1.88. The zero-order valence-electron chi connectivity index (χ0n) is 12.4. The van der Waals surface area contributed by atoms with E-state index < -0.39 is 12.0 Å². The monoisotopic (exact) mass is 314 g/mol. The van der Waals surface area contributed by atoms with Crippen LogP contribution in [0.25, 0.3) is 0 Å². The zero-order valence-corrected chi connectivity index (χ0v) is 13.2. The number of benzene rings is 1. The lowest BCUT2D eigenvalue weighted by Crippen LogP contribution is -2.42. The molecule has 1 aromatic rings. The van der Waals surface area contributed by atoms with Gasteiger partial charge in [-0.2, -0.15) is 0 Å². The number of carbonyl (C=O) groups is 2. The molecule has 5 nitrogen and oxygen atoms in total. The Hall–Kier alpha value is -1.59. The number of hydrogen-bond acceptors (Lipinski definition) is 3. The second-order valence-corrected chi connectivity index (χ2v) is 4.83. The van der Waals surface area contributed by atoms with E-state index in [-0.39, 0.29) is 24.9 Å². The highest BCUT2D eigenvalue weighted by atomic mass is 35.5. The lowest BCUT2D eigenvalue weighted by Gasteiger charge is -2.13. The van der Waals surface area contributed by atoms with Gasteiger partial charge in [-0.25, -0.2) is 0 Å². The lowest BCUT2D eigenvalue weighted by atomic mass is 10.1. The van der Waals surface area contributed by atoms with Crippen LogP contribution >= 0.6 is 12.4 Å². The molecular weight excluding hydrogens is 292 g/mol. The van der Waals surface area contributed by atoms with E-state index in [4.69, 9.17) is 5.11 Å². The van der Waals surface area contributed by atoms with Gasteiger partial charge >= 0.3 is 5.97 Å². The van der Waals surface area contributed by atoms with Crippen molar-refractivity contribution in [2.75, 3.05) is 6.54 Å². The summed E-state index contributed by atoms with van der Waals surface area (Å²) in [5.74, 6) is -1.12. The first-order chi connectivity index (χ1) is 9.52. The molecule has 0 radical (unpaired) electrons. The third-order valence-corrected chi connectivity index (χ3v) is 2.96. The maximum Gasteiger partial charge on any atom is 0.320 e. The molecule has 1 amide bonds. The number of halogens is 1. The number of amides is 1. The van der Waals surface area contributed by atoms with Gasteiger partial charge in [0.15, 0.2) is 0 Å². The van der Waals surface area contributed by atoms with Gasteiger partial charge in [0.25, 0.3) is 0 Å². The minimum absolute atomic E-state index is 0. The molecule has 118 valence electrons. The van der Waals surface area contributed by atoms with Gasteiger partial charge in [-0.3, -0.25) is 14.9 Å². The molecule has 0 saturated carbocycles. The van der Waals surface area contributed by atoms with Crippen molar-refractivity contribution in [3.8, 4) is 0 Å². The highest BCUT2D eigenvalue weighted by molar-refractivity contribution is 5.85. The summed E-state index contributed by atoms with van der Waals surface area (Å²) in [6.07, 6.45) is 1.27. The third-order valence-electron chi connectivity index (χ3n) is 2.96. The molecule has 1 rings (SSSR count). The molecule has 3 N–H and O–H groups in total. The van der Waals surface area contributed by atoms with Crippen LogP contribution in [-0.2, 0) is 16.1 Å². The van der Waals surface area contributed by atoms with Crippen molar-refractivity contribution in [2.45, 2.75) is 39.3 Å². The van der Waals surface area contributed by atoms with Crippen LogP contribution in [0, 0.1) is 6.92 Å². The minimum Gasteiger partial charge on any atom is -0.480 e. The van der Waals surface area contributed by atoms with Gasteiger partial charge in [0.1, 0.15) is 6.04 Å². The zero-order chi connectivity index (χ0) is 15.0. The molecular formula is C15H23ClN2O3. The van der Waals surface area contributed by atoms with Crippen molar-refractivity contribution in [2.24, 2.45) is 0 Å². The van der Waals surface area contributed by atoms with Crippen LogP contribution in [0.2, 0.25) is 0 Å². The Morgan fingerprint density at radius 1 is 1.33 bits per heavy atom. The van der Waals surface area contributed by atoms with E-state index >= 15 is 0 Å². The van der Waals surface area contributed by atoms with E-state index in [0.717, 1.165) is 17.5 Å². The van der Waals surface area contributed by atoms with Crippen molar-refractivity contribution in [3.63, 3.8) is 0 Å². The molecule has 0 saturated heterocycles. The number of rotatable bonds is 8. The van der Waals surface area contributed by atoms with E-state index in [1.807, 2.05) is 38.1 Å². The third kappa shape index (κ3) is 7.68. The van der Waals surface area contributed by atoms with Crippen molar-refractivity contribution in [3.05, 3.63) is 35.4 Å². The highest BCUT2D eigenvalue weighted by Gasteiger charge is 2.16. The number of hydrogen-bond donors (Lipinski definition) is 3. The topological polar surface area (TPSA) is 78.4 Å². The summed E-state index contributed by atoms with van der Waals surface area (Å²) in [4.78, 5) is 22.6. The summed E-state index contributed by atoms with van der Waals surface area (Å²) >= 11 is 0. The maximum absolute atomic E-state index is 11.7. The van der Waals surface area contributed by atoms with Crippen molar-refractivity contribution < 1.29 is 14.7 Å². The Morgan fingerprint density at radius 3 is 2.62 bits per heavy atom. The molecule has 1 atom stereocenters. The van der Waals surface area contributed by atoms with Gasteiger partial charge in [-0.1, -0.05) is 43.2 Å². The first-order valence-electron chi connectivity index (χ1n) is 6.81. The number of carboxylic acid groups (broad SMARTS) is 1. The minimum atomic E-state index is -0.918. The van der Waals surface area contributed by atoms with Crippen LogP contribution in [0.3, 0.4) is 0 Å². The molecule has 6 heteroatoms. The smallest absolute Gasteiger partial charge is 0.320 e. The number of carbonyl (C=O) groups excluding carboxylic acids is 1. The van der Waals surface area contributed by atoms with Gasteiger partial charge in [0, 0.05) is 6.54 Å². The Morgan fingerprint density at radius 2 is 2.05 bits per heavy atom. The molecule has 0 heterocycles. The summed E-state index contributed by atoms with van der Waals surface area (Å²) in [6, 6.07) is 7.22. The molecule has 1 unspecified atom stereocenters. The number of carboxylic acids is 1. The van der Waals surface area contributed by atoms with Crippen molar-refractivity contribution in [1.82, 2.24) is 10.6 Å². The van der Waals surface area contributed by atoms with Crippen molar-refractivity contribution in [1.29, 1.82) is 0 Å². The maximum atomic E-state index is 11.7. The Bertz CT molecular complexity index is 466. The molecule has 0 bridgehead atoms. The highest BCUT2D eigenvalue weighted by Crippen LogP contribution is 2.03. The summed E-state index contributed by atoms with van der Waals surface area (Å²) < 4.78 is 0. The Kier molecular flexibility index (Phi) is 9.41. The molecule has 21 heavy (non-hydrogen) atoms. The van der Waals surface area contributed by atoms with E-state index in [1.165, 1.54) is 0 Å². The van der Waals surface area contributed by atoms with Crippen LogP contribution in [0.4, 0.5) is 0 Å². The standard InChI is InChI=1S/C15H22N2O3.ClH/c1-3-5-13(15(19)20)16-10-14(18)17-9-12-7-4-6-11(2)8-12;/h4,6-8,13,16H,3,5,9-10H2,1-2H3,(H,17,18)(H,19,20);1H. The molecule has 1 aromatic carbocycles. The van der Waals surface area contributed by atoms with Crippen LogP contribution in [0.15, 0.2) is 24.3 Å². The van der Waals surface area contributed by atoms with Gasteiger partial charge < -0.3 is 10.4 Å². The normalized spacial score (nSPS) is 11.3. The van der Waals surface area contributed by atoms with E-state index in [9.17, 15) is 9.59 Å². The summed E-state index contributed by atoms with van der Waals surface area (Å²) in [5, 5.41) is 14.5. The molecule has 0 fully saturated rings. The number of aliphatic carboxylic acids is 1. The summed E-state index contributed by atoms with van der Waals surface area (Å²) in [6.45, 7) is 4.38. The van der Waals surface area contributed by atoms with Crippen molar-refractivity contribution >= 4 is 24.3 Å². The Labute approximate surface area is 131 Å². The fourth-order valence-electron chi connectivity index (χ4n) is 1.90. The quantitative estimate of drug-likeness (QED) is 0.684. The molecule has 0 aliphatic rings. The predicted molar refractivity (Wildman–Crippen MR) is 84.6 cm³/mol. The van der Waals surface area contributed by atoms with Gasteiger partial charge in [-0.15, -0.1) is 12.4 Å². The number of nitrogens with one attached hydrogen (secondary N) is 2. The Balaban J connectivity index is 0.00000400. The fourth-order valence-corrected chi connectivity index (χ4v) is 1.90. The summed E-state index contributed by atoms with van der Waals surface area (Å²) in [5.41, 5.74) is 2.17. The van der Waals surface area contributed by atoms with E-state index in [1.54, 1.807) is 0 Å². The van der Waals surface area contributed by atoms with Crippen LogP contribution in [0.5, 0.6) is 0 Å². The second-order valence-electron chi connectivity index (χ2n) is 4.83. The molecule has 0 spiro atoms. The summed E-state index contributed by atoms with van der Waals surface area (Å²) in [7, 11) is 0. The molecule has 0 aromatic heterocycles. The average molecular weight is 315 g/mol. The van der Waals surface area contributed by atoms with Crippen LogP contribution in [0.1, 0.15) is 30.9 Å². The first kappa shape index (κ1) is 19.4. The molecule has 0 aliphatic heterocycles. The van der Waals surface area contributed by atoms with Crippen LogP contribution < -0.4 is 10.6 Å². The second kappa shape index (κ2) is 10.2. The average Bonchev–Trinajstić information content (AvgIpc) is 2.41. The van der Waals surface area contributed by atoms with Gasteiger partial charge in [0.2, 0.25) is 5.91 Å². The van der Waals surface area contributed by atoms with E-state index in [0.29, 0.717) is 13.0 Å². The fraction of sp³-hybridized carbons (Fsp3) is 0.467. The number of aryl methyl sites for hydroxylation is 1. The first-order valence-corrected chi connectivity index (χ1v) is 6.81. The largest absolute Gasteiger partial charge is 0.480 e. The van der Waals surface area contributed by atoms with E-state index in [2.05, 4.69) is 10.6 Å². The molecule has 0 aliphatic carbocycles.